The molecule has 1 fully saturated rings. The molecule has 3 N–H and O–H groups in total. The summed E-state index contributed by atoms with van der Waals surface area (Å²) in [7, 11) is 0. The Labute approximate surface area is 74.2 Å². The predicted octanol–water partition coefficient (Wildman–Crippen LogP) is -0.874. The fraction of sp³-hybridized carbons (Fsp3) is 1.00. The van der Waals surface area contributed by atoms with Gasteiger partial charge in [0.2, 0.25) is 0 Å². The highest BCUT2D eigenvalue weighted by Crippen LogP contribution is 2.32. The van der Waals surface area contributed by atoms with Crippen molar-refractivity contribution in [2.75, 3.05) is 6.61 Å². The van der Waals surface area contributed by atoms with E-state index in [1.807, 2.05) is 0 Å². The Morgan fingerprint density at radius 2 is 2.23 bits per heavy atom. The third-order valence-corrected chi connectivity index (χ3v) is 2.10. The van der Waals surface area contributed by atoms with Crippen LogP contribution in [-0.4, -0.2) is 46.0 Å². The molecule has 0 aromatic carbocycles. The van der Waals surface area contributed by atoms with E-state index >= 15 is 0 Å². The summed E-state index contributed by atoms with van der Waals surface area (Å²) in [6, 6.07) is 0. The van der Waals surface area contributed by atoms with Crippen LogP contribution in [0, 0.1) is 0 Å². The molecule has 13 heavy (non-hydrogen) atoms. The van der Waals surface area contributed by atoms with Gasteiger partial charge in [-0.05, 0) is 12.5 Å². The van der Waals surface area contributed by atoms with Crippen molar-refractivity contribution in [2.45, 2.75) is 31.0 Å². The van der Waals surface area contributed by atoms with Crippen LogP contribution in [0.5, 0.6) is 0 Å². The molecule has 1 aliphatic rings. The van der Waals surface area contributed by atoms with Gasteiger partial charge < -0.3 is 20.1 Å². The smallest absolute Gasteiger partial charge is 0.198 e. The summed E-state index contributed by atoms with van der Waals surface area (Å²) in [6.45, 7) is 0.845. The fourth-order valence-electron chi connectivity index (χ4n) is 1.31. The summed E-state index contributed by atoms with van der Waals surface area (Å²) < 4.78 is 4.99. The van der Waals surface area contributed by atoms with Crippen molar-refractivity contribution < 1.29 is 20.1 Å². The van der Waals surface area contributed by atoms with E-state index in [1.54, 1.807) is 0 Å². The number of aliphatic hydroxyl groups excluding tert-OH is 3. The quantitative estimate of drug-likeness (QED) is 0.297. The lowest BCUT2D eigenvalue weighted by atomic mass is 10.0. The minimum absolute atomic E-state index is 0.667. The fourth-order valence-corrected chi connectivity index (χ4v) is 1.31. The van der Waals surface area contributed by atoms with Gasteiger partial charge in [0.1, 0.15) is 12.2 Å². The van der Waals surface area contributed by atoms with Crippen LogP contribution in [0.25, 0.3) is 10.4 Å². The van der Waals surface area contributed by atoms with Gasteiger partial charge in [-0.3, -0.25) is 0 Å². The van der Waals surface area contributed by atoms with Gasteiger partial charge in [-0.25, -0.2) is 0 Å². The number of hydrogen-bond donors (Lipinski definition) is 3. The van der Waals surface area contributed by atoms with Crippen molar-refractivity contribution >= 4 is 0 Å². The first-order chi connectivity index (χ1) is 6.07. The molecular weight excluding hydrogens is 178 g/mol. The van der Waals surface area contributed by atoms with E-state index in [2.05, 4.69) is 10.0 Å². The van der Waals surface area contributed by atoms with Crippen molar-refractivity contribution in [3.05, 3.63) is 10.4 Å². The molecule has 0 aromatic heterocycles. The van der Waals surface area contributed by atoms with E-state index < -0.39 is 30.6 Å². The maximum atomic E-state index is 9.41. The Hall–Kier alpha value is -0.850. The number of azide groups is 1. The van der Waals surface area contributed by atoms with Gasteiger partial charge >= 0.3 is 0 Å². The predicted molar refractivity (Wildman–Crippen MR) is 41.5 cm³/mol. The number of hydrogen-bond acceptors (Lipinski definition) is 5. The molecule has 1 saturated heterocycles. The van der Waals surface area contributed by atoms with Crippen molar-refractivity contribution in [1.29, 1.82) is 0 Å². The minimum atomic E-state index is -1.74. The Kier molecular flexibility index (Phi) is 2.74. The van der Waals surface area contributed by atoms with Crippen LogP contribution in [0.3, 0.4) is 0 Å². The molecule has 74 valence electrons. The van der Waals surface area contributed by atoms with Crippen LogP contribution in [0.2, 0.25) is 0 Å². The Morgan fingerprint density at radius 1 is 1.62 bits per heavy atom. The molecule has 0 radical (unpaired) electrons. The largest absolute Gasteiger partial charge is 0.393 e. The molecule has 1 aliphatic heterocycles. The van der Waals surface area contributed by atoms with Crippen molar-refractivity contribution in [2.24, 2.45) is 5.11 Å². The van der Waals surface area contributed by atoms with E-state index in [9.17, 15) is 10.2 Å². The summed E-state index contributed by atoms with van der Waals surface area (Å²) in [5.41, 5.74) is 6.45. The summed E-state index contributed by atoms with van der Waals surface area (Å²) in [4.78, 5) is 2.45. The Bertz CT molecular complexity index is 242. The molecular formula is C6H11N3O4. The maximum Gasteiger partial charge on any atom is 0.198 e. The van der Waals surface area contributed by atoms with Crippen LogP contribution in [0.15, 0.2) is 5.11 Å². The Morgan fingerprint density at radius 3 is 2.54 bits per heavy atom. The van der Waals surface area contributed by atoms with Crippen molar-refractivity contribution in [1.82, 2.24) is 0 Å². The molecule has 0 aliphatic carbocycles. The first-order valence-corrected chi connectivity index (χ1v) is 3.78. The second-order valence-corrected chi connectivity index (χ2v) is 2.95. The normalized spacial score (nSPS) is 44.5. The number of ether oxygens (including phenoxy) is 1. The van der Waals surface area contributed by atoms with Gasteiger partial charge in [0, 0.05) is 4.91 Å². The van der Waals surface area contributed by atoms with E-state index in [0.29, 0.717) is 0 Å². The van der Waals surface area contributed by atoms with Crippen molar-refractivity contribution in [3.63, 3.8) is 0 Å². The van der Waals surface area contributed by atoms with Crippen LogP contribution in [-0.2, 0) is 4.74 Å². The average Bonchev–Trinajstić information content (AvgIpc) is 2.32. The van der Waals surface area contributed by atoms with E-state index in [-0.39, 0.29) is 0 Å². The zero-order chi connectivity index (χ0) is 10.1. The van der Waals surface area contributed by atoms with E-state index in [1.165, 1.54) is 6.92 Å². The molecule has 0 aromatic rings. The molecule has 1 rings (SSSR count). The van der Waals surface area contributed by atoms with E-state index in [0.717, 1.165) is 0 Å². The van der Waals surface area contributed by atoms with Gasteiger partial charge in [0.05, 0.1) is 12.7 Å². The number of rotatable bonds is 2. The maximum absolute atomic E-state index is 9.41. The van der Waals surface area contributed by atoms with Gasteiger partial charge in [0.25, 0.3) is 0 Å². The Balaban J connectivity index is 2.95. The highest BCUT2D eigenvalue weighted by molar-refractivity contribution is 4.99. The molecule has 1 heterocycles. The second kappa shape index (κ2) is 3.49. The van der Waals surface area contributed by atoms with Crippen LogP contribution >= 0.6 is 0 Å². The van der Waals surface area contributed by atoms with Gasteiger partial charge in [0.15, 0.2) is 5.72 Å². The van der Waals surface area contributed by atoms with E-state index in [4.69, 9.17) is 15.4 Å². The number of aliphatic hydroxyl groups is 3. The highest BCUT2D eigenvalue weighted by Gasteiger charge is 2.52. The van der Waals surface area contributed by atoms with Gasteiger partial charge in [-0.2, -0.15) is 0 Å². The molecule has 0 amide bonds. The summed E-state index contributed by atoms with van der Waals surface area (Å²) in [6.07, 6.45) is -3.23. The first-order valence-electron chi connectivity index (χ1n) is 3.78. The average molecular weight is 189 g/mol. The van der Waals surface area contributed by atoms with Crippen molar-refractivity contribution in [3.8, 4) is 0 Å². The topological polar surface area (TPSA) is 119 Å². The monoisotopic (exact) mass is 189 g/mol. The zero-order valence-electron chi connectivity index (χ0n) is 7.03. The number of nitrogens with zero attached hydrogens (tertiary/aromatic N) is 3. The summed E-state index contributed by atoms with van der Waals surface area (Å²) >= 11 is 0. The standard InChI is InChI=1S/C6H11N3O4/c1-3-4(11)5(12)6(2-10,13-3)8-9-7/h3-5,10-12H,2H2,1H3/t3?,4-,5-,6+/m0/s1. The van der Waals surface area contributed by atoms with Crippen LogP contribution < -0.4 is 0 Å². The third-order valence-electron chi connectivity index (χ3n) is 2.10. The summed E-state index contributed by atoms with van der Waals surface area (Å²) in [5, 5.41) is 30.7. The molecule has 7 nitrogen and oxygen atoms in total. The highest BCUT2D eigenvalue weighted by atomic mass is 16.6. The molecule has 1 unspecified atom stereocenters. The summed E-state index contributed by atoms with van der Waals surface area (Å²) in [5.74, 6) is 0. The molecule has 4 atom stereocenters. The zero-order valence-corrected chi connectivity index (χ0v) is 7.03. The molecule has 0 saturated carbocycles. The lowest BCUT2D eigenvalue weighted by Crippen LogP contribution is -2.44. The van der Waals surface area contributed by atoms with Gasteiger partial charge in [-0.1, -0.05) is 5.11 Å². The SMILES string of the molecule is CC1O[C@@](CO)(N=[N+]=[N-])[C@@H](O)[C@H]1O. The lowest BCUT2D eigenvalue weighted by Gasteiger charge is -2.23. The third kappa shape index (κ3) is 1.48. The lowest BCUT2D eigenvalue weighted by molar-refractivity contribution is -0.103. The van der Waals surface area contributed by atoms with Gasteiger partial charge in [-0.15, -0.1) is 0 Å². The second-order valence-electron chi connectivity index (χ2n) is 2.95. The molecule has 7 heteroatoms. The first kappa shape index (κ1) is 10.2. The molecule has 0 spiro atoms. The minimum Gasteiger partial charge on any atom is -0.393 e. The van der Waals surface area contributed by atoms with Crippen LogP contribution in [0.1, 0.15) is 6.92 Å². The molecule has 0 bridgehead atoms. The van der Waals surface area contributed by atoms with Crippen LogP contribution in [0.4, 0.5) is 0 Å².